The molecule has 0 bridgehead atoms. The maximum absolute atomic E-state index is 13.7. The van der Waals surface area contributed by atoms with Gasteiger partial charge in [-0.2, -0.15) is 5.26 Å². The van der Waals surface area contributed by atoms with Gasteiger partial charge >= 0.3 is 0 Å². The maximum atomic E-state index is 13.7. The molecule has 0 aliphatic rings. The predicted molar refractivity (Wildman–Crippen MR) is 132 cm³/mol. The van der Waals surface area contributed by atoms with Crippen LogP contribution in [0.3, 0.4) is 0 Å². The molecular formula is C28H26N2O5. The van der Waals surface area contributed by atoms with Gasteiger partial charge in [-0.1, -0.05) is 24.3 Å². The third kappa shape index (κ3) is 3.97. The lowest BCUT2D eigenvalue weighted by Crippen LogP contribution is -2.27. The Morgan fingerprint density at radius 2 is 1.74 bits per heavy atom. The van der Waals surface area contributed by atoms with Crippen molar-refractivity contribution >= 4 is 16.8 Å². The minimum Gasteiger partial charge on any atom is -0.497 e. The van der Waals surface area contributed by atoms with E-state index in [1.807, 2.05) is 44.2 Å². The minimum absolute atomic E-state index is 0.0799. The van der Waals surface area contributed by atoms with E-state index in [2.05, 4.69) is 0 Å². The smallest absolute Gasteiger partial charge is 0.271 e. The average molecular weight is 471 g/mol. The summed E-state index contributed by atoms with van der Waals surface area (Å²) in [5.41, 5.74) is 3.32. The lowest BCUT2D eigenvalue weighted by molar-refractivity contribution is 0.100. The van der Waals surface area contributed by atoms with Gasteiger partial charge in [-0.25, -0.2) is 0 Å². The molecule has 0 saturated heterocycles. The molecule has 4 rings (SSSR count). The van der Waals surface area contributed by atoms with Gasteiger partial charge in [0.2, 0.25) is 11.7 Å². The van der Waals surface area contributed by atoms with Crippen LogP contribution in [0.4, 0.5) is 0 Å². The number of hydrogen-bond acceptors (Lipinski definition) is 6. The van der Waals surface area contributed by atoms with Gasteiger partial charge in [0.25, 0.3) is 5.56 Å². The SMILES string of the molecule is COc1ccc(CCn2c(O)c(C(=O)c3oc4c(C)c(C)ccc4c3C)c(C)c(C#N)c2=O)cc1. The van der Waals surface area contributed by atoms with Crippen molar-refractivity contribution in [3.63, 3.8) is 0 Å². The quantitative estimate of drug-likeness (QED) is 0.402. The molecule has 0 amide bonds. The Bertz CT molecular complexity index is 1570. The number of aryl methyl sites for hydroxylation is 4. The lowest BCUT2D eigenvalue weighted by atomic mass is 9.98. The molecule has 35 heavy (non-hydrogen) atoms. The first-order valence-electron chi connectivity index (χ1n) is 11.2. The van der Waals surface area contributed by atoms with Gasteiger partial charge in [0.05, 0.1) is 12.7 Å². The molecule has 2 heterocycles. The van der Waals surface area contributed by atoms with Crippen LogP contribution in [0, 0.1) is 39.0 Å². The summed E-state index contributed by atoms with van der Waals surface area (Å²) in [4.78, 5) is 26.6. The Morgan fingerprint density at radius 1 is 1.06 bits per heavy atom. The van der Waals surface area contributed by atoms with Crippen LogP contribution in [-0.4, -0.2) is 22.6 Å². The molecule has 0 unspecified atom stereocenters. The van der Waals surface area contributed by atoms with E-state index >= 15 is 0 Å². The number of furan rings is 1. The molecule has 178 valence electrons. The van der Waals surface area contributed by atoms with E-state index in [1.165, 1.54) is 6.92 Å². The Labute approximate surface area is 202 Å². The second kappa shape index (κ2) is 9.15. The highest BCUT2D eigenvalue weighted by Gasteiger charge is 2.29. The molecule has 7 nitrogen and oxygen atoms in total. The van der Waals surface area contributed by atoms with E-state index < -0.39 is 17.2 Å². The lowest BCUT2D eigenvalue weighted by Gasteiger charge is -2.15. The zero-order valence-electron chi connectivity index (χ0n) is 20.4. The molecule has 7 heteroatoms. The number of methoxy groups -OCH3 is 1. The molecule has 0 spiro atoms. The second-order valence-electron chi connectivity index (χ2n) is 8.63. The van der Waals surface area contributed by atoms with Crippen LogP contribution in [0.15, 0.2) is 45.6 Å². The molecule has 4 aromatic rings. The number of ketones is 1. The van der Waals surface area contributed by atoms with Gasteiger partial charge < -0.3 is 14.3 Å². The van der Waals surface area contributed by atoms with Gasteiger partial charge in [0, 0.05) is 17.5 Å². The molecule has 0 radical (unpaired) electrons. The van der Waals surface area contributed by atoms with Gasteiger partial charge in [0.15, 0.2) is 5.76 Å². The number of carbonyl (C=O) groups excluding carboxylic acids is 1. The topological polar surface area (TPSA) is 105 Å². The number of fused-ring (bicyclic) bond motifs is 1. The number of ether oxygens (including phenoxy) is 1. The number of hydrogen-bond donors (Lipinski definition) is 1. The molecule has 0 atom stereocenters. The fourth-order valence-electron chi connectivity index (χ4n) is 4.31. The number of rotatable bonds is 6. The van der Waals surface area contributed by atoms with Crippen molar-refractivity contribution in [1.82, 2.24) is 4.57 Å². The standard InChI is InChI=1S/C28H26N2O5/c1-15-6-11-21-18(4)26(35-25(21)16(15)2)24(31)23-17(3)22(14-29)27(32)30(28(23)33)13-12-19-7-9-20(34-5)10-8-19/h6-11,33H,12-13H2,1-5H3. The van der Waals surface area contributed by atoms with Crippen LogP contribution in [0.2, 0.25) is 0 Å². The molecule has 0 aliphatic heterocycles. The van der Waals surface area contributed by atoms with E-state index in [-0.39, 0.29) is 29.0 Å². The fourth-order valence-corrected chi connectivity index (χ4v) is 4.31. The van der Waals surface area contributed by atoms with Crippen molar-refractivity contribution in [1.29, 1.82) is 5.26 Å². The summed E-state index contributed by atoms with van der Waals surface area (Å²) in [5.74, 6) is -0.259. The maximum Gasteiger partial charge on any atom is 0.271 e. The van der Waals surface area contributed by atoms with Crippen LogP contribution in [0.5, 0.6) is 11.6 Å². The van der Waals surface area contributed by atoms with Crippen molar-refractivity contribution in [2.75, 3.05) is 7.11 Å². The van der Waals surface area contributed by atoms with E-state index in [0.29, 0.717) is 23.3 Å². The van der Waals surface area contributed by atoms with Gasteiger partial charge in [-0.05, 0) is 68.5 Å². The van der Waals surface area contributed by atoms with Crippen molar-refractivity contribution in [2.45, 2.75) is 40.7 Å². The molecular weight excluding hydrogens is 444 g/mol. The first-order valence-corrected chi connectivity index (χ1v) is 11.2. The van der Waals surface area contributed by atoms with Crippen LogP contribution >= 0.6 is 0 Å². The minimum atomic E-state index is -0.639. The van der Waals surface area contributed by atoms with Crippen LogP contribution in [0.25, 0.3) is 11.0 Å². The summed E-state index contributed by atoms with van der Waals surface area (Å²) in [5, 5.41) is 21.6. The Morgan fingerprint density at radius 3 is 2.37 bits per heavy atom. The average Bonchev–Trinajstić information content (AvgIpc) is 3.18. The number of aromatic nitrogens is 1. The monoisotopic (exact) mass is 470 g/mol. The van der Waals surface area contributed by atoms with Crippen molar-refractivity contribution in [3.05, 3.63) is 91.5 Å². The fraction of sp³-hybridized carbons (Fsp3) is 0.250. The number of nitriles is 1. The summed E-state index contributed by atoms with van der Waals surface area (Å²) in [7, 11) is 1.58. The summed E-state index contributed by atoms with van der Waals surface area (Å²) in [6, 6.07) is 13.1. The largest absolute Gasteiger partial charge is 0.497 e. The predicted octanol–water partition coefficient (Wildman–Crippen LogP) is 4.89. The number of carbonyl (C=O) groups is 1. The number of benzene rings is 2. The van der Waals surface area contributed by atoms with Gasteiger partial charge in [0.1, 0.15) is 23.0 Å². The van der Waals surface area contributed by atoms with Crippen LogP contribution < -0.4 is 10.3 Å². The van der Waals surface area contributed by atoms with Crippen LogP contribution in [-0.2, 0) is 13.0 Å². The Hall–Kier alpha value is -4.31. The first kappa shape index (κ1) is 23.8. The molecule has 1 N–H and O–H groups in total. The summed E-state index contributed by atoms with van der Waals surface area (Å²) in [6.45, 7) is 7.25. The third-order valence-electron chi connectivity index (χ3n) is 6.64. The Kier molecular flexibility index (Phi) is 6.23. The van der Waals surface area contributed by atoms with Crippen molar-refractivity contribution < 1.29 is 19.1 Å². The molecule has 2 aromatic heterocycles. The highest BCUT2D eigenvalue weighted by molar-refractivity contribution is 6.13. The number of pyridine rings is 1. The Balaban J connectivity index is 1.82. The van der Waals surface area contributed by atoms with E-state index in [1.54, 1.807) is 26.2 Å². The van der Waals surface area contributed by atoms with Crippen LogP contribution in [0.1, 0.15) is 49.5 Å². The second-order valence-corrected chi connectivity index (χ2v) is 8.63. The molecule has 2 aromatic carbocycles. The highest BCUT2D eigenvalue weighted by Crippen LogP contribution is 2.33. The highest BCUT2D eigenvalue weighted by atomic mass is 16.5. The third-order valence-corrected chi connectivity index (χ3v) is 6.64. The van der Waals surface area contributed by atoms with Gasteiger partial charge in [-0.15, -0.1) is 0 Å². The first-order chi connectivity index (χ1) is 16.7. The number of aromatic hydroxyl groups is 1. The molecule has 0 saturated carbocycles. The van der Waals surface area contributed by atoms with E-state index in [9.17, 15) is 20.0 Å². The molecule has 0 fully saturated rings. The summed E-state index contributed by atoms with van der Waals surface area (Å²) < 4.78 is 12.2. The molecule has 0 aliphatic carbocycles. The zero-order chi connectivity index (χ0) is 25.4. The van der Waals surface area contributed by atoms with Crippen molar-refractivity contribution in [3.8, 4) is 17.7 Å². The van der Waals surface area contributed by atoms with Crippen molar-refractivity contribution in [2.24, 2.45) is 0 Å². The van der Waals surface area contributed by atoms with E-state index in [4.69, 9.17) is 9.15 Å². The summed E-state index contributed by atoms with van der Waals surface area (Å²) >= 11 is 0. The summed E-state index contributed by atoms with van der Waals surface area (Å²) in [6.07, 6.45) is 0.404. The van der Waals surface area contributed by atoms with Gasteiger partial charge in [-0.3, -0.25) is 14.2 Å². The zero-order valence-corrected chi connectivity index (χ0v) is 20.4. The number of nitrogens with zero attached hydrogens (tertiary/aromatic N) is 2. The van der Waals surface area contributed by atoms with E-state index in [0.717, 1.165) is 26.6 Å². The normalized spacial score (nSPS) is 11.0.